The molecule has 11 nitrogen and oxygen atoms in total. The molecular formula is C42H28Cl4F20N2O9. The molecule has 0 saturated carbocycles. The van der Waals surface area contributed by atoms with Crippen LogP contribution in [0.25, 0.3) is 0 Å². The number of rotatable bonds is 19. The predicted molar refractivity (Wildman–Crippen MR) is 228 cm³/mol. The number of halogens is 24. The Kier molecular flexibility index (Phi) is 21.4. The average molecular weight is 1230 g/mol. The van der Waals surface area contributed by atoms with E-state index < -0.39 is 116 Å². The molecule has 0 aliphatic heterocycles. The first-order valence-corrected chi connectivity index (χ1v) is 21.1. The molecular weight excluding hydrogens is 1200 g/mol. The summed E-state index contributed by atoms with van der Waals surface area (Å²) in [6.07, 6.45) is -39.5. The lowest BCUT2D eigenvalue weighted by Crippen LogP contribution is -2.59. The summed E-state index contributed by atoms with van der Waals surface area (Å²) >= 11 is 18.5. The maximum atomic E-state index is 14.4. The number of hydrogen-bond acceptors (Lipinski definition) is 11. The lowest BCUT2D eigenvalue weighted by Gasteiger charge is -2.34. The summed E-state index contributed by atoms with van der Waals surface area (Å²) < 4.78 is 278. The lowest BCUT2D eigenvalue weighted by atomic mass is 9.99. The van der Waals surface area contributed by atoms with E-state index in [0.717, 1.165) is 36.0 Å². The third-order valence-electron chi connectivity index (χ3n) is 9.02. The zero-order valence-corrected chi connectivity index (χ0v) is 40.4. The number of nitrogens with two attached hydrogens (primary N) is 2. The molecule has 4 N–H and O–H groups in total. The zero-order valence-electron chi connectivity index (χ0n) is 37.4. The summed E-state index contributed by atoms with van der Waals surface area (Å²) in [5.41, 5.74) is 10.6. The second-order valence-electron chi connectivity index (χ2n) is 14.7. The van der Waals surface area contributed by atoms with Gasteiger partial charge in [0.2, 0.25) is 0 Å². The van der Waals surface area contributed by atoms with Gasteiger partial charge in [-0.2, -0.15) is 87.8 Å². The van der Waals surface area contributed by atoms with Gasteiger partial charge in [-0.05, 0) is 114 Å². The Labute approximate surface area is 437 Å². The molecule has 77 heavy (non-hydrogen) atoms. The van der Waals surface area contributed by atoms with Crippen LogP contribution in [0, 0.1) is 0 Å². The Morgan fingerprint density at radius 2 is 0.857 bits per heavy atom. The average Bonchev–Trinajstić information content (AvgIpc) is 3.28. The Bertz CT molecular complexity index is 2710. The molecule has 4 aromatic carbocycles. The number of alkyl halides is 22. The number of nitrogen functional groups attached to an aromatic ring is 2. The van der Waals surface area contributed by atoms with Crippen LogP contribution in [0.4, 0.5) is 99.2 Å². The topological polar surface area (TPSA) is 166 Å². The van der Waals surface area contributed by atoms with E-state index in [4.69, 9.17) is 34.9 Å². The molecule has 0 aliphatic carbocycles. The molecule has 428 valence electrons. The highest BCUT2D eigenvalue weighted by Gasteiger charge is 2.80. The molecule has 0 radical (unpaired) electrons. The lowest BCUT2D eigenvalue weighted by molar-refractivity contribution is -0.470. The first-order chi connectivity index (χ1) is 34.6. The van der Waals surface area contributed by atoms with Crippen molar-refractivity contribution in [3.8, 4) is 11.5 Å². The minimum Gasteiger partial charge on any atom is -0.426 e. The van der Waals surface area contributed by atoms with Gasteiger partial charge in [-0.25, -0.2) is 4.79 Å². The van der Waals surface area contributed by atoms with E-state index in [1.54, 1.807) is 48.5 Å². The number of benzene rings is 4. The van der Waals surface area contributed by atoms with Gasteiger partial charge < -0.3 is 25.2 Å². The molecule has 4 aromatic rings. The third kappa shape index (κ3) is 16.6. The highest BCUT2D eigenvalue weighted by Crippen LogP contribution is 2.54. The van der Waals surface area contributed by atoms with Gasteiger partial charge >= 0.3 is 65.2 Å². The minimum atomic E-state index is -7.18. The maximum absolute atomic E-state index is 14.4. The molecule has 0 fully saturated rings. The van der Waals surface area contributed by atoms with Crippen LogP contribution >= 0.6 is 46.7 Å². The van der Waals surface area contributed by atoms with Crippen LogP contribution in [-0.4, -0.2) is 82.0 Å². The first-order valence-electron chi connectivity index (χ1n) is 19.6. The number of hydrogen-bond donors (Lipinski definition) is 2. The highest BCUT2D eigenvalue weighted by molar-refractivity contribution is 6.68. The van der Waals surface area contributed by atoms with E-state index in [0.29, 0.717) is 30.2 Å². The van der Waals surface area contributed by atoms with Crippen molar-refractivity contribution >= 4 is 80.8 Å². The fourth-order valence-corrected chi connectivity index (χ4v) is 5.50. The first kappa shape index (κ1) is 67.3. The van der Waals surface area contributed by atoms with Crippen molar-refractivity contribution in [1.82, 2.24) is 0 Å². The fraction of sp³-hybridized carbons (Fsp3) is 0.333. The summed E-state index contributed by atoms with van der Waals surface area (Å²) in [4.78, 5) is 46.9. The van der Waals surface area contributed by atoms with Gasteiger partial charge in [-0.3, -0.25) is 23.9 Å². The maximum Gasteiger partial charge on any atom is 0.476 e. The van der Waals surface area contributed by atoms with Crippen molar-refractivity contribution in [3.05, 3.63) is 118 Å². The highest BCUT2D eigenvalue weighted by atomic mass is 35.5. The van der Waals surface area contributed by atoms with E-state index in [1.807, 2.05) is 6.92 Å². The van der Waals surface area contributed by atoms with Crippen LogP contribution in [0.1, 0.15) is 66.4 Å². The Balaban J connectivity index is 0.000000465. The van der Waals surface area contributed by atoms with Gasteiger partial charge in [0.05, 0.1) is 16.7 Å². The van der Waals surface area contributed by atoms with Gasteiger partial charge in [0.1, 0.15) is 23.4 Å². The Morgan fingerprint density at radius 3 is 1.21 bits per heavy atom. The van der Waals surface area contributed by atoms with Crippen LogP contribution < -0.4 is 20.9 Å². The van der Waals surface area contributed by atoms with Crippen LogP contribution in [0.3, 0.4) is 0 Å². The van der Waals surface area contributed by atoms with E-state index in [1.165, 1.54) is 0 Å². The van der Waals surface area contributed by atoms with E-state index in [-0.39, 0.29) is 12.5 Å². The van der Waals surface area contributed by atoms with Crippen molar-refractivity contribution < 1.29 is 130 Å². The fourth-order valence-electron chi connectivity index (χ4n) is 4.98. The number of aryl methyl sites for hydroxylation is 1. The van der Waals surface area contributed by atoms with Gasteiger partial charge in [0.25, 0.3) is 5.24 Å². The van der Waals surface area contributed by atoms with Crippen molar-refractivity contribution in [2.45, 2.75) is 85.9 Å². The van der Waals surface area contributed by atoms with Gasteiger partial charge in [-0.15, -0.1) is 0 Å². The summed E-state index contributed by atoms with van der Waals surface area (Å²) in [7, 11) is 0. The number of carbonyl (C=O) groups is 4. The number of anilines is 2. The second-order valence-corrected chi connectivity index (χ2v) is 16.2. The Hall–Kier alpha value is -5.76. The van der Waals surface area contributed by atoms with Crippen LogP contribution in [0.2, 0.25) is 0 Å². The smallest absolute Gasteiger partial charge is 0.426 e. The second kappa shape index (κ2) is 24.5. The molecule has 2 unspecified atom stereocenters. The molecule has 2 atom stereocenters. The third-order valence-corrected chi connectivity index (χ3v) is 9.96. The zero-order chi connectivity index (χ0) is 59.9. The van der Waals surface area contributed by atoms with Crippen LogP contribution in [0.15, 0.2) is 84.9 Å². The SMILES string of the molecule is CCc1ccc(CC(=O)c2ccc(C(C)=O)c(OC(F)(F)C(F)(Cl)OC(F)(F)C(F)(F)C(F)(F)F)c2)cc1.Nc1ccc(N)cc1.O=C(OCl)c1ccc(C(=O)Cl)c(OC(F)(F)C(F)(Cl)OC(F)(F)C(F)(F)C(F)(F)F)c1. The molecule has 4 rings (SSSR count). The summed E-state index contributed by atoms with van der Waals surface area (Å²) in [5, 5.41) is -13.3. The quantitative estimate of drug-likeness (QED) is 0.0302. The van der Waals surface area contributed by atoms with Crippen molar-refractivity contribution in [1.29, 1.82) is 0 Å². The van der Waals surface area contributed by atoms with Gasteiger partial charge in [0.15, 0.2) is 11.6 Å². The summed E-state index contributed by atoms with van der Waals surface area (Å²) in [5.74, 6) is -20.5. The monoisotopic (exact) mass is 1220 g/mol. The van der Waals surface area contributed by atoms with Gasteiger partial charge in [-0.1, -0.05) is 37.3 Å². The molecule has 0 spiro atoms. The van der Waals surface area contributed by atoms with Crippen LogP contribution in [-0.2, 0) is 26.6 Å². The number of ketones is 2. The molecule has 0 aromatic heterocycles. The Morgan fingerprint density at radius 1 is 0.506 bits per heavy atom. The molecule has 0 bridgehead atoms. The molecule has 35 heteroatoms. The van der Waals surface area contributed by atoms with Crippen molar-refractivity contribution in [3.63, 3.8) is 0 Å². The number of carbonyl (C=O) groups excluding carboxylic acids is 4. The van der Waals surface area contributed by atoms with E-state index in [2.05, 4.69) is 46.4 Å². The molecule has 0 aliphatic rings. The van der Waals surface area contributed by atoms with Crippen LogP contribution in [0.5, 0.6) is 11.5 Å². The van der Waals surface area contributed by atoms with E-state index in [9.17, 15) is 107 Å². The van der Waals surface area contributed by atoms with Gasteiger partial charge in [0, 0.05) is 23.4 Å². The summed E-state index contributed by atoms with van der Waals surface area (Å²) in [6, 6.07) is 17.4. The minimum absolute atomic E-state index is 0.170. The normalized spacial score (nSPS) is 14.3. The van der Waals surface area contributed by atoms with Crippen molar-refractivity contribution in [2.24, 2.45) is 0 Å². The number of ether oxygens (including phenoxy) is 4. The predicted octanol–water partition coefficient (Wildman–Crippen LogP) is 14.4. The van der Waals surface area contributed by atoms with E-state index >= 15 is 0 Å². The van der Waals surface area contributed by atoms with Crippen molar-refractivity contribution in [2.75, 3.05) is 11.5 Å². The standard InChI is InChI=1S/C23H17ClF10O4.C13H3Cl3F10O5.C6H8N2/c1-3-13-4-6-14(7-5-13)10-17(36)15-8-9-16(12(2)35)18(11-15)37-23(33,34)20(24,27)38-22(31,32)19(25,26)21(28,29)30;14-7(27)5-2-1-4(8(28)30-16)3-6(5)29-13(25,26)10(15,19)31-12(23,24)9(17,18)11(20,21)22;7-5-1-2-6(8)4-3-5/h4-9,11H,3,10H2,1-2H3;1-3H;1-4H,7-8H2. The number of Topliss-reactive ketones (excluding diaryl/α,β-unsaturated/α-hetero) is 2. The molecule has 0 heterocycles. The molecule has 0 amide bonds. The summed E-state index contributed by atoms with van der Waals surface area (Å²) in [6.45, 7) is 2.68. The largest absolute Gasteiger partial charge is 0.476 e. The molecule has 0 saturated heterocycles.